The van der Waals surface area contributed by atoms with Gasteiger partial charge in [-0.3, -0.25) is 10.1 Å². The van der Waals surface area contributed by atoms with Crippen LogP contribution in [-0.2, 0) is 24.9 Å². The number of fused-ring (bicyclic) bond motifs is 1. The lowest BCUT2D eigenvalue weighted by atomic mass is 9.99. The summed E-state index contributed by atoms with van der Waals surface area (Å²) in [6, 6.07) is 11.5. The number of benzene rings is 1. The number of rotatable bonds is 6. The molecule has 1 saturated heterocycles. The molecule has 1 unspecified atom stereocenters. The van der Waals surface area contributed by atoms with Gasteiger partial charge in [-0.15, -0.1) is 10.2 Å². The minimum Gasteiger partial charge on any atom is -0.374 e. The molecule has 2 aliphatic rings. The van der Waals surface area contributed by atoms with Crippen LogP contribution in [0.2, 0.25) is 0 Å². The van der Waals surface area contributed by atoms with E-state index in [1.165, 1.54) is 0 Å². The molecule has 2 atom stereocenters. The van der Waals surface area contributed by atoms with E-state index in [9.17, 15) is 4.79 Å². The Bertz CT molecular complexity index is 1130. The van der Waals surface area contributed by atoms with E-state index in [1.807, 2.05) is 35.9 Å². The van der Waals surface area contributed by atoms with Crippen LogP contribution in [0.4, 0.5) is 5.82 Å². The fraction of sp³-hybridized carbons (Fsp3) is 0.391. The molecule has 0 aliphatic carbocycles. The summed E-state index contributed by atoms with van der Waals surface area (Å²) in [5, 5.41) is 21.7. The van der Waals surface area contributed by atoms with Crippen LogP contribution in [0.3, 0.4) is 0 Å². The van der Waals surface area contributed by atoms with Crippen molar-refractivity contribution in [1.82, 2.24) is 35.7 Å². The van der Waals surface area contributed by atoms with Gasteiger partial charge in [-0.1, -0.05) is 24.3 Å². The third kappa shape index (κ3) is 4.72. The number of anilines is 1. The predicted molar refractivity (Wildman–Crippen MR) is 122 cm³/mol. The second-order valence-corrected chi connectivity index (χ2v) is 8.28. The third-order valence-corrected chi connectivity index (χ3v) is 6.12. The first-order valence-corrected chi connectivity index (χ1v) is 11.2. The van der Waals surface area contributed by atoms with Gasteiger partial charge in [0.25, 0.3) is 5.91 Å². The third-order valence-electron chi connectivity index (χ3n) is 6.12. The Hall–Kier alpha value is -3.34. The van der Waals surface area contributed by atoms with E-state index in [0.29, 0.717) is 31.1 Å². The summed E-state index contributed by atoms with van der Waals surface area (Å²) in [7, 11) is 1.97. The number of hydrogen-bond donors (Lipinski definition) is 4. The number of hydrogen-bond acceptors (Lipinski definition) is 8. The fourth-order valence-corrected chi connectivity index (χ4v) is 4.27. The predicted octanol–water partition coefficient (Wildman–Crippen LogP) is 1.41. The van der Waals surface area contributed by atoms with Gasteiger partial charge in [-0.05, 0) is 36.2 Å². The van der Waals surface area contributed by atoms with Crippen molar-refractivity contribution in [1.29, 1.82) is 0 Å². The molecule has 2 aliphatic heterocycles. The first-order valence-electron chi connectivity index (χ1n) is 11.2. The normalized spacial score (nSPS) is 20.2. The minimum absolute atomic E-state index is 0.163. The summed E-state index contributed by atoms with van der Waals surface area (Å²) >= 11 is 0. The van der Waals surface area contributed by atoms with Crippen LogP contribution in [0.15, 0.2) is 42.6 Å². The highest BCUT2D eigenvalue weighted by molar-refractivity contribution is 5.95. The number of nitrogens with one attached hydrogen (secondary N) is 4. The van der Waals surface area contributed by atoms with Gasteiger partial charge in [-0.2, -0.15) is 0 Å². The SMILES string of the molecule is Cn1c(CNc2cc(C(=O)N[C@@H]3COCc4ccccc43)ccn2)nnc1C1CCNCN1. The largest absolute Gasteiger partial charge is 0.374 e. The first kappa shape index (κ1) is 21.5. The highest BCUT2D eigenvalue weighted by Gasteiger charge is 2.23. The van der Waals surface area contributed by atoms with Gasteiger partial charge in [0.2, 0.25) is 0 Å². The van der Waals surface area contributed by atoms with E-state index in [4.69, 9.17) is 4.74 Å². The Labute approximate surface area is 192 Å². The summed E-state index contributed by atoms with van der Waals surface area (Å²) in [6.07, 6.45) is 2.60. The molecule has 0 spiro atoms. The Morgan fingerprint density at radius 3 is 3.06 bits per heavy atom. The van der Waals surface area contributed by atoms with E-state index in [1.54, 1.807) is 18.3 Å². The molecule has 3 aromatic rings. The number of ether oxygens (including phenoxy) is 1. The van der Waals surface area contributed by atoms with Crippen LogP contribution in [0.25, 0.3) is 0 Å². The molecule has 10 nitrogen and oxygen atoms in total. The van der Waals surface area contributed by atoms with E-state index in [0.717, 1.165) is 42.4 Å². The van der Waals surface area contributed by atoms with Gasteiger partial charge in [-0.25, -0.2) is 4.98 Å². The van der Waals surface area contributed by atoms with Crippen LogP contribution in [0.1, 0.15) is 51.6 Å². The summed E-state index contributed by atoms with van der Waals surface area (Å²) in [4.78, 5) is 17.3. The molecule has 5 rings (SSSR count). The maximum atomic E-state index is 12.9. The smallest absolute Gasteiger partial charge is 0.252 e. The monoisotopic (exact) mass is 448 g/mol. The lowest BCUT2D eigenvalue weighted by molar-refractivity contribution is 0.0708. The first-order chi connectivity index (χ1) is 16.2. The second-order valence-electron chi connectivity index (χ2n) is 8.28. The molecular weight excluding hydrogens is 420 g/mol. The van der Waals surface area contributed by atoms with Gasteiger partial charge in [0.15, 0.2) is 5.82 Å². The maximum Gasteiger partial charge on any atom is 0.252 e. The molecule has 10 heteroatoms. The van der Waals surface area contributed by atoms with Crippen LogP contribution < -0.4 is 21.3 Å². The van der Waals surface area contributed by atoms with Gasteiger partial charge in [0.1, 0.15) is 11.6 Å². The van der Waals surface area contributed by atoms with Gasteiger partial charge < -0.3 is 25.3 Å². The van der Waals surface area contributed by atoms with Crippen LogP contribution in [0.5, 0.6) is 0 Å². The average Bonchev–Trinajstić information content (AvgIpc) is 3.24. The lowest BCUT2D eigenvalue weighted by Crippen LogP contribution is -2.40. The zero-order chi connectivity index (χ0) is 22.6. The van der Waals surface area contributed by atoms with E-state index < -0.39 is 0 Å². The Morgan fingerprint density at radius 2 is 2.18 bits per heavy atom. The van der Waals surface area contributed by atoms with Crippen LogP contribution in [0, 0.1) is 0 Å². The lowest BCUT2D eigenvalue weighted by Gasteiger charge is -2.26. The number of carbonyl (C=O) groups excluding carboxylic acids is 1. The van der Waals surface area contributed by atoms with Crippen molar-refractivity contribution in [3.05, 3.63) is 70.9 Å². The number of nitrogens with zero attached hydrogens (tertiary/aromatic N) is 4. The molecule has 2 aromatic heterocycles. The molecule has 0 bridgehead atoms. The summed E-state index contributed by atoms with van der Waals surface area (Å²) in [5.41, 5.74) is 2.74. The molecule has 1 aromatic carbocycles. The second kappa shape index (κ2) is 9.65. The van der Waals surface area contributed by atoms with Gasteiger partial charge in [0.05, 0.1) is 31.8 Å². The van der Waals surface area contributed by atoms with Gasteiger partial charge >= 0.3 is 0 Å². The number of pyridine rings is 1. The summed E-state index contributed by atoms with van der Waals surface area (Å²) in [6.45, 7) is 3.21. The molecule has 1 amide bonds. The highest BCUT2D eigenvalue weighted by atomic mass is 16.5. The molecule has 1 fully saturated rings. The van der Waals surface area contributed by atoms with Crippen LogP contribution >= 0.6 is 0 Å². The minimum atomic E-state index is -0.173. The van der Waals surface area contributed by atoms with E-state index >= 15 is 0 Å². The fourth-order valence-electron chi connectivity index (χ4n) is 4.27. The standard InChI is InChI=1S/C23H28N8O2/c1-31-21(29-30-22(31)18-7-8-24-14-27-18)11-26-20-10-15(6-9-25-20)23(32)28-19-13-33-12-16-4-2-3-5-17(16)19/h2-6,9-10,18-19,24,27H,7-8,11-14H2,1H3,(H,25,26)(H,28,32)/t18?,19-/m1/s1. The summed E-state index contributed by atoms with van der Waals surface area (Å²) in [5.74, 6) is 2.17. The Balaban J connectivity index is 1.23. The van der Waals surface area contributed by atoms with Crippen molar-refractivity contribution in [3.8, 4) is 0 Å². The van der Waals surface area contributed by atoms with Crippen LogP contribution in [-0.4, -0.2) is 45.5 Å². The summed E-state index contributed by atoms with van der Waals surface area (Å²) < 4.78 is 7.66. The quantitative estimate of drug-likeness (QED) is 0.447. The zero-order valence-electron chi connectivity index (χ0n) is 18.5. The molecule has 0 saturated carbocycles. The van der Waals surface area contributed by atoms with Crippen molar-refractivity contribution >= 4 is 11.7 Å². The van der Waals surface area contributed by atoms with E-state index in [2.05, 4.69) is 36.4 Å². The van der Waals surface area contributed by atoms with E-state index in [-0.39, 0.29) is 18.0 Å². The molecule has 172 valence electrons. The molecule has 4 heterocycles. The molecule has 33 heavy (non-hydrogen) atoms. The Morgan fingerprint density at radius 1 is 1.27 bits per heavy atom. The van der Waals surface area contributed by atoms with Crippen molar-refractivity contribution in [3.63, 3.8) is 0 Å². The number of carbonyl (C=O) groups is 1. The molecule has 0 radical (unpaired) electrons. The molecular formula is C23H28N8O2. The highest BCUT2D eigenvalue weighted by Crippen LogP contribution is 2.25. The van der Waals surface area contributed by atoms with Crippen molar-refractivity contribution in [2.75, 3.05) is 25.1 Å². The Kier molecular flexibility index (Phi) is 6.29. The molecule has 4 N–H and O–H groups in total. The van der Waals surface area contributed by atoms with Crippen molar-refractivity contribution in [2.24, 2.45) is 7.05 Å². The maximum absolute atomic E-state index is 12.9. The van der Waals surface area contributed by atoms with Gasteiger partial charge in [0, 0.05) is 25.5 Å². The topological polar surface area (TPSA) is 118 Å². The average molecular weight is 449 g/mol. The zero-order valence-corrected chi connectivity index (χ0v) is 18.5. The number of aromatic nitrogens is 4. The van der Waals surface area contributed by atoms with Crippen molar-refractivity contribution < 1.29 is 9.53 Å². The number of amides is 1. The van der Waals surface area contributed by atoms with Crippen molar-refractivity contribution in [2.45, 2.75) is 31.7 Å².